The zero-order valence-electron chi connectivity index (χ0n) is 9.07. The van der Waals surface area contributed by atoms with E-state index in [4.69, 9.17) is 0 Å². The van der Waals surface area contributed by atoms with Crippen LogP contribution in [0.3, 0.4) is 0 Å². The molecule has 4 nitrogen and oxygen atoms in total. The molecule has 5 heteroatoms. The van der Waals surface area contributed by atoms with E-state index in [0.29, 0.717) is 0 Å². The number of aromatic nitrogens is 3. The fourth-order valence-electron chi connectivity index (χ4n) is 1.47. The quantitative estimate of drug-likeness (QED) is 0.932. The molecule has 2 rings (SSSR count). The number of hydrogen-bond donors (Lipinski definition) is 1. The van der Waals surface area contributed by atoms with Crippen molar-refractivity contribution < 1.29 is 0 Å². The van der Waals surface area contributed by atoms with Gasteiger partial charge in [-0.1, -0.05) is 22.5 Å². The first kappa shape index (κ1) is 11.3. The third kappa shape index (κ3) is 2.68. The second-order valence-corrected chi connectivity index (χ2v) is 4.79. The molecule has 0 fully saturated rings. The second kappa shape index (κ2) is 4.76. The molecule has 0 aliphatic carbocycles. The molecule has 84 valence electrons. The maximum absolute atomic E-state index is 4.33. The molecule has 16 heavy (non-hydrogen) atoms. The lowest BCUT2D eigenvalue weighted by atomic mass is 10.3. The largest absolute Gasteiger partial charge is 0.308 e. The summed E-state index contributed by atoms with van der Waals surface area (Å²) in [5.41, 5.74) is 2.96. The summed E-state index contributed by atoms with van der Waals surface area (Å²) in [5, 5.41) is 7.56. The fourth-order valence-corrected chi connectivity index (χ4v) is 1.67. The Labute approximate surface area is 103 Å². The molecule has 1 N–H and O–H groups in total. The Bertz CT molecular complexity index is 518. The van der Waals surface area contributed by atoms with Crippen LogP contribution < -0.4 is 5.32 Å². The van der Waals surface area contributed by atoms with E-state index in [0.717, 1.165) is 34.5 Å². The highest BCUT2D eigenvalue weighted by Gasteiger charge is 2.00. The molecule has 2 aromatic heterocycles. The first-order valence-electron chi connectivity index (χ1n) is 5.00. The molecule has 0 saturated heterocycles. The van der Waals surface area contributed by atoms with Gasteiger partial charge >= 0.3 is 0 Å². The predicted octanol–water partition coefficient (Wildman–Crippen LogP) is 2.04. The smallest absolute Gasteiger partial charge is 0.155 e. The predicted molar refractivity (Wildman–Crippen MR) is 67.5 cm³/mol. The Balaban J connectivity index is 2.10. The summed E-state index contributed by atoms with van der Waals surface area (Å²) in [7, 11) is 0. The summed E-state index contributed by atoms with van der Waals surface area (Å²) < 4.78 is 2.74. The van der Waals surface area contributed by atoms with Crippen molar-refractivity contribution in [2.24, 2.45) is 0 Å². The van der Waals surface area contributed by atoms with Crippen molar-refractivity contribution in [1.29, 1.82) is 0 Å². The van der Waals surface area contributed by atoms with Gasteiger partial charge in [-0.3, -0.25) is 0 Å². The van der Waals surface area contributed by atoms with Crippen molar-refractivity contribution >= 4 is 21.6 Å². The average Bonchev–Trinajstić information content (AvgIpc) is 2.56. The van der Waals surface area contributed by atoms with Crippen LogP contribution in [-0.2, 0) is 6.54 Å². The van der Waals surface area contributed by atoms with Gasteiger partial charge in [-0.25, -0.2) is 9.50 Å². The van der Waals surface area contributed by atoms with Gasteiger partial charge in [0.1, 0.15) is 0 Å². The summed E-state index contributed by atoms with van der Waals surface area (Å²) in [6.45, 7) is 7.22. The molecule has 2 heterocycles. The van der Waals surface area contributed by atoms with E-state index >= 15 is 0 Å². The Morgan fingerprint density at radius 3 is 3.19 bits per heavy atom. The monoisotopic (exact) mass is 280 g/mol. The molecule has 0 atom stereocenters. The van der Waals surface area contributed by atoms with Crippen LogP contribution >= 0.6 is 15.9 Å². The van der Waals surface area contributed by atoms with E-state index < -0.39 is 0 Å². The molecular weight excluding hydrogens is 268 g/mol. The normalized spacial score (nSPS) is 10.9. The third-order valence-corrected chi connectivity index (χ3v) is 2.42. The minimum Gasteiger partial charge on any atom is -0.308 e. The van der Waals surface area contributed by atoms with E-state index in [1.165, 1.54) is 0 Å². The van der Waals surface area contributed by atoms with Crippen LogP contribution in [0.1, 0.15) is 11.3 Å². The number of rotatable bonds is 4. The topological polar surface area (TPSA) is 42.2 Å². The van der Waals surface area contributed by atoms with Gasteiger partial charge in [-0.2, -0.15) is 5.10 Å². The highest BCUT2D eigenvalue weighted by Crippen LogP contribution is 2.05. The van der Waals surface area contributed by atoms with Crippen molar-refractivity contribution in [1.82, 2.24) is 19.9 Å². The molecular formula is C11H13BrN4. The molecule has 0 spiro atoms. The maximum atomic E-state index is 4.33. The Kier molecular flexibility index (Phi) is 3.36. The molecule has 0 unspecified atom stereocenters. The van der Waals surface area contributed by atoms with Crippen molar-refractivity contribution in [3.63, 3.8) is 0 Å². The van der Waals surface area contributed by atoms with E-state index in [-0.39, 0.29) is 0 Å². The standard InChI is InChI=1S/C11H13BrN4/c1-8(12)4-13-5-10-6-14-11-3-9(2)15-16(11)7-10/h3,6-7,13H,1,4-5H2,2H3. The molecule has 0 bridgehead atoms. The van der Waals surface area contributed by atoms with Gasteiger partial charge in [-0.15, -0.1) is 0 Å². The summed E-state index contributed by atoms with van der Waals surface area (Å²) >= 11 is 3.30. The first-order chi connectivity index (χ1) is 7.65. The van der Waals surface area contributed by atoms with Crippen molar-refractivity contribution in [2.45, 2.75) is 13.5 Å². The zero-order chi connectivity index (χ0) is 11.5. The van der Waals surface area contributed by atoms with Gasteiger partial charge < -0.3 is 5.32 Å². The second-order valence-electron chi connectivity index (χ2n) is 3.67. The maximum Gasteiger partial charge on any atom is 0.155 e. The van der Waals surface area contributed by atoms with Crippen LogP contribution in [0.15, 0.2) is 29.5 Å². The van der Waals surface area contributed by atoms with Gasteiger partial charge in [0.2, 0.25) is 0 Å². The summed E-state index contributed by atoms with van der Waals surface area (Å²) in [6, 6.07) is 1.96. The summed E-state index contributed by atoms with van der Waals surface area (Å²) in [5.74, 6) is 0. The molecule has 0 aliphatic heterocycles. The minimum absolute atomic E-state index is 0.746. The fraction of sp³-hybridized carbons (Fsp3) is 0.273. The molecule has 0 aromatic carbocycles. The van der Waals surface area contributed by atoms with Crippen LogP contribution in [0, 0.1) is 6.92 Å². The summed E-state index contributed by atoms with van der Waals surface area (Å²) in [6.07, 6.45) is 3.85. The van der Waals surface area contributed by atoms with E-state index in [1.54, 1.807) is 4.52 Å². The van der Waals surface area contributed by atoms with Crippen LogP contribution in [0.4, 0.5) is 0 Å². The number of nitrogens with zero attached hydrogens (tertiary/aromatic N) is 3. The van der Waals surface area contributed by atoms with Crippen molar-refractivity contribution in [3.05, 3.63) is 40.8 Å². The molecule has 2 aromatic rings. The van der Waals surface area contributed by atoms with Crippen LogP contribution in [0.25, 0.3) is 5.65 Å². The lowest BCUT2D eigenvalue weighted by Gasteiger charge is -2.03. The summed E-state index contributed by atoms with van der Waals surface area (Å²) in [4.78, 5) is 4.33. The molecule has 0 aliphatic rings. The van der Waals surface area contributed by atoms with Gasteiger partial charge in [0.05, 0.1) is 5.69 Å². The number of nitrogens with one attached hydrogen (secondary N) is 1. The number of hydrogen-bond acceptors (Lipinski definition) is 3. The average molecular weight is 281 g/mol. The lowest BCUT2D eigenvalue weighted by Crippen LogP contribution is -2.15. The van der Waals surface area contributed by atoms with Crippen molar-refractivity contribution in [2.75, 3.05) is 6.54 Å². The van der Waals surface area contributed by atoms with E-state index in [2.05, 4.69) is 37.9 Å². The first-order valence-corrected chi connectivity index (χ1v) is 5.79. The van der Waals surface area contributed by atoms with E-state index in [9.17, 15) is 0 Å². The van der Waals surface area contributed by atoms with Gasteiger partial charge in [0.25, 0.3) is 0 Å². The van der Waals surface area contributed by atoms with Crippen LogP contribution in [0.5, 0.6) is 0 Å². The third-order valence-electron chi connectivity index (χ3n) is 2.13. The van der Waals surface area contributed by atoms with Crippen LogP contribution in [-0.4, -0.2) is 21.1 Å². The van der Waals surface area contributed by atoms with E-state index in [1.807, 2.05) is 25.4 Å². The number of aryl methyl sites for hydroxylation is 1. The van der Waals surface area contributed by atoms with Gasteiger partial charge in [-0.05, 0) is 6.92 Å². The highest BCUT2D eigenvalue weighted by atomic mass is 79.9. The minimum atomic E-state index is 0.746. The van der Waals surface area contributed by atoms with Crippen molar-refractivity contribution in [3.8, 4) is 0 Å². The number of halogens is 1. The highest BCUT2D eigenvalue weighted by molar-refractivity contribution is 9.11. The Hall–Kier alpha value is -1.20. The Morgan fingerprint density at radius 1 is 1.62 bits per heavy atom. The molecule has 0 amide bonds. The van der Waals surface area contributed by atoms with Gasteiger partial charge in [0, 0.05) is 41.6 Å². The zero-order valence-corrected chi connectivity index (χ0v) is 10.7. The Morgan fingerprint density at radius 2 is 2.44 bits per heavy atom. The van der Waals surface area contributed by atoms with Gasteiger partial charge in [0.15, 0.2) is 5.65 Å². The number of fused-ring (bicyclic) bond motifs is 1. The molecule has 0 radical (unpaired) electrons. The molecule has 0 saturated carbocycles. The SMILES string of the molecule is C=C(Br)CNCc1cnc2cc(C)nn2c1. The lowest BCUT2D eigenvalue weighted by molar-refractivity contribution is 0.743. The van der Waals surface area contributed by atoms with Crippen LogP contribution in [0.2, 0.25) is 0 Å².